The van der Waals surface area contributed by atoms with Gasteiger partial charge in [0.1, 0.15) is 0 Å². The number of aromatic nitrogens is 1. The molecule has 4 aliphatic rings. The Morgan fingerprint density at radius 1 is 1.07 bits per heavy atom. The van der Waals surface area contributed by atoms with Crippen molar-refractivity contribution in [2.75, 3.05) is 6.61 Å². The van der Waals surface area contributed by atoms with Crippen LogP contribution in [-0.2, 0) is 17.6 Å². The number of furan rings is 1. The van der Waals surface area contributed by atoms with Gasteiger partial charge in [0.05, 0.1) is 24.5 Å². The molecule has 154 valence electrons. The number of pyridine rings is 1. The maximum atomic E-state index is 13.8. The van der Waals surface area contributed by atoms with Crippen LogP contribution in [0.5, 0.6) is 0 Å². The highest BCUT2D eigenvalue weighted by Crippen LogP contribution is 2.55. The van der Waals surface area contributed by atoms with Gasteiger partial charge in [-0.05, 0) is 98.4 Å². The Bertz CT molecular complexity index is 813. The molecule has 5 heteroatoms. The minimum absolute atomic E-state index is 0.0139. The minimum atomic E-state index is -0.908. The molecule has 4 aliphatic carbocycles. The molecule has 4 bridgehead atoms. The first kappa shape index (κ1) is 18.9. The summed E-state index contributed by atoms with van der Waals surface area (Å²) in [6.07, 6.45) is 15.1. The average Bonchev–Trinajstić information content (AvgIpc) is 3.19. The number of hydrogen-bond donors (Lipinski definition) is 2. The van der Waals surface area contributed by atoms with Gasteiger partial charge in [-0.25, -0.2) is 0 Å². The summed E-state index contributed by atoms with van der Waals surface area (Å²) in [6, 6.07) is 5.74. The lowest BCUT2D eigenvalue weighted by Gasteiger charge is -2.57. The molecule has 4 saturated carbocycles. The quantitative estimate of drug-likeness (QED) is 0.753. The van der Waals surface area contributed by atoms with Crippen LogP contribution in [0.2, 0.25) is 0 Å². The van der Waals surface area contributed by atoms with Crippen molar-refractivity contribution in [2.24, 2.45) is 23.2 Å². The maximum absolute atomic E-state index is 13.8. The fourth-order valence-electron chi connectivity index (χ4n) is 6.72. The van der Waals surface area contributed by atoms with Crippen molar-refractivity contribution in [3.05, 3.63) is 54.2 Å². The predicted molar refractivity (Wildman–Crippen MR) is 109 cm³/mol. The Hall–Kier alpha value is -2.14. The van der Waals surface area contributed by atoms with E-state index in [1.165, 1.54) is 19.3 Å². The van der Waals surface area contributed by atoms with Crippen molar-refractivity contribution in [1.29, 1.82) is 0 Å². The second kappa shape index (κ2) is 7.28. The third kappa shape index (κ3) is 3.61. The van der Waals surface area contributed by atoms with Crippen molar-refractivity contribution in [1.82, 2.24) is 10.3 Å². The molecule has 29 heavy (non-hydrogen) atoms. The van der Waals surface area contributed by atoms with Crippen molar-refractivity contribution in [3.63, 3.8) is 0 Å². The summed E-state index contributed by atoms with van der Waals surface area (Å²) in [4.78, 5) is 17.9. The number of hydrogen-bond acceptors (Lipinski definition) is 4. The Morgan fingerprint density at radius 2 is 1.69 bits per heavy atom. The maximum Gasteiger partial charge on any atom is 0.229 e. The summed E-state index contributed by atoms with van der Waals surface area (Å²) in [5.41, 5.74) is 0.974. The fraction of sp³-hybridized carbons (Fsp3) is 0.583. The Balaban J connectivity index is 1.42. The highest BCUT2D eigenvalue weighted by molar-refractivity contribution is 5.84. The van der Waals surface area contributed by atoms with E-state index < -0.39 is 5.41 Å². The molecule has 5 nitrogen and oxygen atoms in total. The molecule has 0 radical (unpaired) electrons. The number of aliphatic hydroxyl groups excluding tert-OH is 1. The molecule has 2 aromatic rings. The molecule has 0 spiro atoms. The van der Waals surface area contributed by atoms with E-state index in [2.05, 4.69) is 10.3 Å². The van der Waals surface area contributed by atoms with E-state index in [4.69, 9.17) is 4.42 Å². The molecule has 1 atom stereocenters. The van der Waals surface area contributed by atoms with Gasteiger partial charge in [-0.3, -0.25) is 9.78 Å². The van der Waals surface area contributed by atoms with Crippen LogP contribution < -0.4 is 5.32 Å². The Labute approximate surface area is 171 Å². The van der Waals surface area contributed by atoms with Crippen LogP contribution in [0, 0.1) is 23.2 Å². The predicted octanol–water partition coefficient (Wildman–Crippen LogP) is 3.52. The Morgan fingerprint density at radius 3 is 2.24 bits per heavy atom. The molecule has 6 rings (SSSR count). The molecule has 0 aliphatic heterocycles. The van der Waals surface area contributed by atoms with Gasteiger partial charge in [0.15, 0.2) is 0 Å². The molecule has 2 aromatic heterocycles. The number of nitrogens with zero attached hydrogens (tertiary/aromatic N) is 1. The van der Waals surface area contributed by atoms with E-state index in [9.17, 15) is 9.90 Å². The van der Waals surface area contributed by atoms with E-state index in [-0.39, 0.29) is 18.1 Å². The summed E-state index contributed by atoms with van der Waals surface area (Å²) in [5, 5.41) is 14.0. The summed E-state index contributed by atoms with van der Waals surface area (Å²) in [6.45, 7) is -0.196. The normalized spacial score (nSPS) is 32.1. The van der Waals surface area contributed by atoms with Crippen LogP contribution in [-0.4, -0.2) is 28.1 Å². The minimum Gasteiger partial charge on any atom is -0.472 e. The molecule has 0 saturated heterocycles. The molecular weight excluding hydrogens is 364 g/mol. The van der Waals surface area contributed by atoms with Gasteiger partial charge in [0, 0.05) is 17.9 Å². The summed E-state index contributed by atoms with van der Waals surface area (Å²) in [7, 11) is 0. The lowest BCUT2D eigenvalue weighted by atomic mass is 9.53. The van der Waals surface area contributed by atoms with Gasteiger partial charge < -0.3 is 14.8 Å². The molecule has 1 unspecified atom stereocenters. The van der Waals surface area contributed by atoms with Crippen molar-refractivity contribution in [3.8, 4) is 0 Å². The molecule has 2 heterocycles. The zero-order valence-electron chi connectivity index (χ0n) is 16.8. The number of carbonyl (C=O) groups is 1. The van der Waals surface area contributed by atoms with Crippen molar-refractivity contribution in [2.45, 2.75) is 56.9 Å². The van der Waals surface area contributed by atoms with Crippen LogP contribution in [0.25, 0.3) is 0 Å². The number of nitrogens with one attached hydrogen (secondary N) is 1. The smallest absolute Gasteiger partial charge is 0.229 e. The van der Waals surface area contributed by atoms with Crippen LogP contribution in [0.1, 0.15) is 49.7 Å². The topological polar surface area (TPSA) is 75.4 Å². The first-order chi connectivity index (χ1) is 14.1. The Kier molecular flexibility index (Phi) is 4.73. The first-order valence-corrected chi connectivity index (χ1v) is 10.9. The number of aliphatic hydroxyl groups is 1. The lowest BCUT2D eigenvalue weighted by Crippen LogP contribution is -2.63. The standard InChI is InChI=1S/C24H30N2O3/c27-16-23(11-18-3-6-29-15-18,10-17-1-4-25-5-2-17)22(28)26-24-12-19-7-20(13-24)9-21(8-19)14-24/h1-6,15,19-21,27H,7-14,16H2,(H,26,28). The van der Waals surface area contributed by atoms with Gasteiger partial charge in [-0.2, -0.15) is 0 Å². The third-order valence-corrected chi connectivity index (χ3v) is 7.62. The number of carbonyl (C=O) groups excluding carboxylic acids is 1. The van der Waals surface area contributed by atoms with E-state index in [0.717, 1.165) is 48.1 Å². The van der Waals surface area contributed by atoms with Crippen LogP contribution in [0.3, 0.4) is 0 Å². The molecule has 4 fully saturated rings. The van der Waals surface area contributed by atoms with Gasteiger partial charge in [-0.1, -0.05) is 0 Å². The summed E-state index contributed by atoms with van der Waals surface area (Å²) >= 11 is 0. The van der Waals surface area contributed by atoms with E-state index in [1.807, 2.05) is 18.2 Å². The molecule has 2 N–H and O–H groups in total. The molecular formula is C24H30N2O3. The van der Waals surface area contributed by atoms with Gasteiger partial charge in [0.25, 0.3) is 0 Å². The third-order valence-electron chi connectivity index (χ3n) is 7.62. The van der Waals surface area contributed by atoms with Gasteiger partial charge >= 0.3 is 0 Å². The second-order valence-electron chi connectivity index (χ2n) is 9.93. The molecule has 0 aromatic carbocycles. The van der Waals surface area contributed by atoms with Crippen molar-refractivity contribution < 1.29 is 14.3 Å². The summed E-state index contributed by atoms with van der Waals surface area (Å²) < 4.78 is 5.25. The van der Waals surface area contributed by atoms with Crippen molar-refractivity contribution >= 4 is 5.91 Å². The number of rotatable bonds is 7. The van der Waals surface area contributed by atoms with Crippen LogP contribution >= 0.6 is 0 Å². The summed E-state index contributed by atoms with van der Waals surface area (Å²) in [5.74, 6) is 2.28. The zero-order chi connectivity index (χ0) is 19.9. The second-order valence-corrected chi connectivity index (χ2v) is 9.93. The largest absolute Gasteiger partial charge is 0.472 e. The monoisotopic (exact) mass is 394 g/mol. The number of amides is 1. The average molecular weight is 395 g/mol. The molecule has 1 amide bonds. The van der Waals surface area contributed by atoms with Gasteiger partial charge in [-0.15, -0.1) is 0 Å². The van der Waals surface area contributed by atoms with E-state index in [1.54, 1.807) is 24.9 Å². The van der Waals surface area contributed by atoms with Crippen LogP contribution in [0.15, 0.2) is 47.5 Å². The fourth-order valence-corrected chi connectivity index (χ4v) is 6.72. The lowest BCUT2D eigenvalue weighted by molar-refractivity contribution is -0.139. The van der Waals surface area contributed by atoms with Crippen LogP contribution in [0.4, 0.5) is 0 Å². The van der Waals surface area contributed by atoms with E-state index in [0.29, 0.717) is 12.8 Å². The highest BCUT2D eigenvalue weighted by atomic mass is 16.3. The SMILES string of the molecule is O=C(NC12CC3CC(CC(C3)C1)C2)C(CO)(Cc1ccncc1)Cc1ccoc1. The van der Waals surface area contributed by atoms with Gasteiger partial charge in [0.2, 0.25) is 5.91 Å². The highest BCUT2D eigenvalue weighted by Gasteiger charge is 2.53. The van der Waals surface area contributed by atoms with E-state index >= 15 is 0 Å². The zero-order valence-corrected chi connectivity index (χ0v) is 16.8. The first-order valence-electron chi connectivity index (χ1n) is 10.9.